The molecule has 0 saturated heterocycles. The molecule has 0 aliphatic heterocycles. The van der Waals surface area contributed by atoms with Crippen LogP contribution in [0.25, 0.3) is 0 Å². The number of ether oxygens (including phenoxy) is 1. The second-order valence-electron chi connectivity index (χ2n) is 5.66. The van der Waals surface area contributed by atoms with Gasteiger partial charge in [0.2, 0.25) is 0 Å². The molecule has 0 saturated carbocycles. The largest absolute Gasteiger partial charge is 0.497 e. The quantitative estimate of drug-likeness (QED) is 0.831. The van der Waals surface area contributed by atoms with E-state index in [1.165, 1.54) is 0 Å². The molecule has 0 aromatic heterocycles. The second kappa shape index (κ2) is 5.36. The standard InChI is InChI=1S/C16H20O3/c1-15(2,3)16(4,11-10-14(17)18)12-6-8-13(19-5)9-7-12/h6-9H,1-5H3,(H,17,18)/t16-/m1/s1. The maximum atomic E-state index is 10.7. The van der Waals surface area contributed by atoms with Crippen LogP contribution in [0.2, 0.25) is 0 Å². The van der Waals surface area contributed by atoms with Crippen molar-refractivity contribution in [2.24, 2.45) is 5.41 Å². The normalized spacial score (nSPS) is 13.9. The van der Waals surface area contributed by atoms with Gasteiger partial charge >= 0.3 is 5.97 Å². The number of benzene rings is 1. The fraction of sp³-hybridized carbons (Fsp3) is 0.438. The number of hydrogen-bond acceptors (Lipinski definition) is 2. The van der Waals surface area contributed by atoms with E-state index in [9.17, 15) is 4.79 Å². The summed E-state index contributed by atoms with van der Waals surface area (Å²) in [4.78, 5) is 10.7. The van der Waals surface area contributed by atoms with Gasteiger partial charge in [0.15, 0.2) is 0 Å². The molecule has 1 N–H and O–H groups in total. The Balaban J connectivity index is 3.32. The Morgan fingerprint density at radius 3 is 2.05 bits per heavy atom. The van der Waals surface area contributed by atoms with Crippen LogP contribution in [0, 0.1) is 17.3 Å². The number of aliphatic carboxylic acids is 1. The van der Waals surface area contributed by atoms with Gasteiger partial charge < -0.3 is 9.84 Å². The van der Waals surface area contributed by atoms with Crippen LogP contribution < -0.4 is 4.74 Å². The summed E-state index contributed by atoms with van der Waals surface area (Å²) in [6, 6.07) is 7.59. The van der Waals surface area contributed by atoms with Crippen LogP contribution in [-0.2, 0) is 10.2 Å². The van der Waals surface area contributed by atoms with E-state index in [2.05, 4.69) is 11.8 Å². The van der Waals surface area contributed by atoms with Crippen molar-refractivity contribution in [2.75, 3.05) is 7.11 Å². The van der Waals surface area contributed by atoms with E-state index in [-0.39, 0.29) is 5.41 Å². The summed E-state index contributed by atoms with van der Waals surface area (Å²) >= 11 is 0. The van der Waals surface area contributed by atoms with Gasteiger partial charge in [0.05, 0.1) is 12.5 Å². The maximum Gasteiger partial charge on any atom is 0.381 e. The monoisotopic (exact) mass is 260 g/mol. The SMILES string of the molecule is COc1ccc([C@@](C)(C#CC(=O)O)C(C)(C)C)cc1. The summed E-state index contributed by atoms with van der Waals surface area (Å²) in [7, 11) is 1.61. The maximum absolute atomic E-state index is 10.7. The van der Waals surface area contributed by atoms with Gasteiger partial charge in [-0.15, -0.1) is 0 Å². The molecule has 1 atom stereocenters. The average molecular weight is 260 g/mol. The number of methoxy groups -OCH3 is 1. The van der Waals surface area contributed by atoms with Gasteiger partial charge in [0.25, 0.3) is 0 Å². The van der Waals surface area contributed by atoms with Crippen molar-refractivity contribution in [3.8, 4) is 17.6 Å². The third kappa shape index (κ3) is 3.29. The van der Waals surface area contributed by atoms with Gasteiger partial charge in [0, 0.05) is 5.92 Å². The van der Waals surface area contributed by atoms with Crippen molar-refractivity contribution in [2.45, 2.75) is 33.1 Å². The topological polar surface area (TPSA) is 46.5 Å². The van der Waals surface area contributed by atoms with Crippen LogP contribution >= 0.6 is 0 Å². The first-order chi connectivity index (χ1) is 8.70. The zero-order chi connectivity index (χ0) is 14.7. The summed E-state index contributed by atoms with van der Waals surface area (Å²) in [6.45, 7) is 8.11. The molecule has 1 aromatic rings. The highest BCUT2D eigenvalue weighted by Gasteiger charge is 2.37. The second-order valence-corrected chi connectivity index (χ2v) is 5.66. The van der Waals surface area contributed by atoms with Crippen LogP contribution in [0.4, 0.5) is 0 Å². The highest BCUT2D eigenvalue weighted by atomic mass is 16.5. The highest BCUT2D eigenvalue weighted by Crippen LogP contribution is 2.41. The van der Waals surface area contributed by atoms with Gasteiger partial charge in [-0.3, -0.25) is 0 Å². The number of rotatable bonds is 2. The molecule has 0 fully saturated rings. The van der Waals surface area contributed by atoms with Crippen LogP contribution in [0.5, 0.6) is 5.75 Å². The zero-order valence-corrected chi connectivity index (χ0v) is 12.1. The van der Waals surface area contributed by atoms with Crippen molar-refractivity contribution in [1.29, 1.82) is 0 Å². The van der Waals surface area contributed by atoms with E-state index in [0.29, 0.717) is 0 Å². The Morgan fingerprint density at radius 1 is 1.16 bits per heavy atom. The lowest BCUT2D eigenvalue weighted by Gasteiger charge is -2.38. The van der Waals surface area contributed by atoms with Crippen molar-refractivity contribution in [3.05, 3.63) is 29.8 Å². The molecule has 3 nitrogen and oxygen atoms in total. The lowest BCUT2D eigenvalue weighted by atomic mass is 9.64. The van der Waals surface area contributed by atoms with Crippen molar-refractivity contribution in [3.63, 3.8) is 0 Å². The molecule has 0 aliphatic rings. The molecule has 0 aliphatic carbocycles. The van der Waals surface area contributed by atoms with E-state index in [4.69, 9.17) is 9.84 Å². The summed E-state index contributed by atoms with van der Waals surface area (Å²) in [5.41, 5.74) is 0.247. The molecule has 0 unspecified atom stereocenters. The lowest BCUT2D eigenvalue weighted by Crippen LogP contribution is -2.36. The third-order valence-electron chi connectivity index (χ3n) is 3.59. The summed E-state index contributed by atoms with van der Waals surface area (Å²) in [6.07, 6.45) is 0. The Hall–Kier alpha value is -1.95. The van der Waals surface area contributed by atoms with Crippen molar-refractivity contribution in [1.82, 2.24) is 0 Å². The molecular formula is C16H20O3. The number of carboxylic acids is 1. The minimum Gasteiger partial charge on any atom is -0.497 e. The molecule has 19 heavy (non-hydrogen) atoms. The number of carbonyl (C=O) groups is 1. The molecule has 0 spiro atoms. The first-order valence-electron chi connectivity index (χ1n) is 6.11. The summed E-state index contributed by atoms with van der Waals surface area (Å²) in [5, 5.41) is 8.78. The molecule has 0 amide bonds. The molecule has 0 radical (unpaired) electrons. The molecule has 1 rings (SSSR count). The lowest BCUT2D eigenvalue weighted by molar-refractivity contribution is -0.130. The Bertz CT molecular complexity index is 512. The molecule has 0 heterocycles. The molecule has 1 aromatic carbocycles. The zero-order valence-electron chi connectivity index (χ0n) is 12.1. The Morgan fingerprint density at radius 2 is 1.68 bits per heavy atom. The fourth-order valence-corrected chi connectivity index (χ4v) is 1.80. The van der Waals surface area contributed by atoms with Crippen molar-refractivity contribution < 1.29 is 14.6 Å². The Kier molecular flexibility index (Phi) is 4.26. The molecular weight excluding hydrogens is 240 g/mol. The van der Waals surface area contributed by atoms with Crippen LogP contribution in [-0.4, -0.2) is 18.2 Å². The Labute approximate surface area is 114 Å². The smallest absolute Gasteiger partial charge is 0.381 e. The van der Waals surface area contributed by atoms with Crippen LogP contribution in [0.15, 0.2) is 24.3 Å². The molecule has 0 bridgehead atoms. The van der Waals surface area contributed by atoms with E-state index in [1.54, 1.807) is 7.11 Å². The average Bonchev–Trinajstić information content (AvgIpc) is 2.34. The number of hydrogen-bond donors (Lipinski definition) is 1. The van der Waals surface area contributed by atoms with Gasteiger partial charge in [-0.1, -0.05) is 38.8 Å². The van der Waals surface area contributed by atoms with Gasteiger partial charge in [-0.05, 0) is 30.0 Å². The number of carboxylic acid groups (broad SMARTS) is 1. The molecule has 3 heteroatoms. The summed E-state index contributed by atoms with van der Waals surface area (Å²) < 4.78 is 5.14. The first-order valence-corrected chi connectivity index (χ1v) is 6.11. The van der Waals surface area contributed by atoms with E-state index in [0.717, 1.165) is 11.3 Å². The molecule has 102 valence electrons. The van der Waals surface area contributed by atoms with Crippen LogP contribution in [0.3, 0.4) is 0 Å². The first kappa shape index (κ1) is 15.1. The van der Waals surface area contributed by atoms with E-state index in [1.807, 2.05) is 52.0 Å². The minimum atomic E-state index is -1.11. The van der Waals surface area contributed by atoms with Gasteiger partial charge in [-0.25, -0.2) is 4.79 Å². The van der Waals surface area contributed by atoms with Gasteiger partial charge in [-0.2, -0.15) is 0 Å². The van der Waals surface area contributed by atoms with E-state index < -0.39 is 11.4 Å². The highest BCUT2D eigenvalue weighted by molar-refractivity contribution is 5.86. The third-order valence-corrected chi connectivity index (χ3v) is 3.59. The fourth-order valence-electron chi connectivity index (χ4n) is 1.80. The predicted octanol–water partition coefficient (Wildman–Crippen LogP) is 3.09. The van der Waals surface area contributed by atoms with Gasteiger partial charge in [0.1, 0.15) is 5.75 Å². The van der Waals surface area contributed by atoms with Crippen LogP contribution in [0.1, 0.15) is 33.3 Å². The van der Waals surface area contributed by atoms with E-state index >= 15 is 0 Å². The predicted molar refractivity (Wildman–Crippen MR) is 75.2 cm³/mol. The summed E-state index contributed by atoms with van der Waals surface area (Å²) in [5.74, 6) is 4.82. The minimum absolute atomic E-state index is 0.190. The van der Waals surface area contributed by atoms with Crippen molar-refractivity contribution >= 4 is 5.97 Å².